The lowest BCUT2D eigenvalue weighted by molar-refractivity contribution is 0.301. The minimum absolute atomic E-state index is 0.238. The van der Waals surface area contributed by atoms with Crippen LogP contribution >= 0.6 is 0 Å². The first-order valence-electron chi connectivity index (χ1n) is 8.09. The van der Waals surface area contributed by atoms with Gasteiger partial charge in [-0.15, -0.1) is 0 Å². The molecule has 2 aromatic heterocycles. The fraction of sp³-hybridized carbons (Fsp3) is 0.278. The molecule has 0 aliphatic rings. The topological polar surface area (TPSA) is 56.1 Å². The van der Waals surface area contributed by atoms with Crippen molar-refractivity contribution in [1.29, 1.82) is 0 Å². The largest absolute Gasteiger partial charge is 0.491 e. The lowest BCUT2D eigenvalue weighted by Gasteiger charge is -2.21. The van der Waals surface area contributed by atoms with E-state index in [9.17, 15) is 4.39 Å². The second-order valence-corrected chi connectivity index (χ2v) is 5.67. The maximum Gasteiger partial charge on any atom is 0.234 e. The van der Waals surface area contributed by atoms with Crippen LogP contribution in [-0.2, 0) is 7.05 Å². The molecule has 3 rings (SSSR count). The van der Waals surface area contributed by atoms with Crippen LogP contribution in [-0.4, -0.2) is 26.4 Å². The van der Waals surface area contributed by atoms with E-state index >= 15 is 0 Å². The smallest absolute Gasteiger partial charge is 0.234 e. The summed E-state index contributed by atoms with van der Waals surface area (Å²) in [7, 11) is 1.82. The van der Waals surface area contributed by atoms with Crippen LogP contribution in [0.25, 0.3) is 0 Å². The molecule has 0 saturated carbocycles. The van der Waals surface area contributed by atoms with Crippen molar-refractivity contribution in [3.05, 3.63) is 54.4 Å². The Morgan fingerprint density at radius 1 is 1.24 bits per heavy atom. The minimum atomic E-state index is -0.424. The summed E-state index contributed by atoms with van der Waals surface area (Å²) in [6.07, 6.45) is 6.01. The molecule has 0 radical (unpaired) electrons. The molecular weight excluding hydrogens is 321 g/mol. The molecule has 2 heterocycles. The summed E-state index contributed by atoms with van der Waals surface area (Å²) in [6.45, 7) is 4.34. The Bertz CT molecular complexity index is 864. The monoisotopic (exact) mass is 341 g/mol. The zero-order valence-electron chi connectivity index (χ0n) is 14.5. The summed E-state index contributed by atoms with van der Waals surface area (Å²) >= 11 is 0. The van der Waals surface area contributed by atoms with E-state index in [2.05, 4.69) is 15.1 Å². The standard InChI is InChI=1S/C18H20FN5O/c1-4-9-25-17-6-5-14(10-16(17)19)24(15-11-21-23(3)12-15)18-20-8-7-13(2)22-18/h5-8,10-12H,4,9H2,1-3H3. The maximum atomic E-state index is 14.4. The van der Waals surface area contributed by atoms with Crippen LogP contribution in [0.4, 0.5) is 21.7 Å². The van der Waals surface area contributed by atoms with Crippen LogP contribution in [0.5, 0.6) is 5.75 Å². The van der Waals surface area contributed by atoms with Crippen molar-refractivity contribution in [2.45, 2.75) is 20.3 Å². The quantitative estimate of drug-likeness (QED) is 0.680. The lowest BCUT2D eigenvalue weighted by Crippen LogP contribution is -2.13. The number of aryl methyl sites for hydroxylation is 2. The molecule has 0 spiro atoms. The van der Waals surface area contributed by atoms with E-state index in [4.69, 9.17) is 4.74 Å². The number of halogens is 1. The third-order valence-corrected chi connectivity index (χ3v) is 3.57. The Morgan fingerprint density at radius 2 is 2.08 bits per heavy atom. The molecule has 25 heavy (non-hydrogen) atoms. The van der Waals surface area contributed by atoms with Crippen molar-refractivity contribution in [3.8, 4) is 5.75 Å². The molecule has 0 fully saturated rings. The maximum absolute atomic E-state index is 14.4. The predicted molar refractivity (Wildman–Crippen MR) is 94.0 cm³/mol. The van der Waals surface area contributed by atoms with E-state index in [0.717, 1.165) is 17.8 Å². The molecule has 0 aliphatic heterocycles. The van der Waals surface area contributed by atoms with Crippen molar-refractivity contribution < 1.29 is 9.13 Å². The second-order valence-electron chi connectivity index (χ2n) is 5.67. The summed E-state index contributed by atoms with van der Waals surface area (Å²) in [5.74, 6) is 0.268. The van der Waals surface area contributed by atoms with Gasteiger partial charge in [0.25, 0.3) is 0 Å². The van der Waals surface area contributed by atoms with E-state index in [1.54, 1.807) is 34.1 Å². The fourth-order valence-corrected chi connectivity index (χ4v) is 2.41. The van der Waals surface area contributed by atoms with Gasteiger partial charge in [0.05, 0.1) is 24.2 Å². The molecule has 0 saturated heterocycles. The van der Waals surface area contributed by atoms with Crippen LogP contribution < -0.4 is 9.64 Å². The molecule has 0 aliphatic carbocycles. The third kappa shape index (κ3) is 3.76. The number of anilines is 3. The van der Waals surface area contributed by atoms with E-state index in [1.807, 2.05) is 33.2 Å². The van der Waals surface area contributed by atoms with E-state index < -0.39 is 5.82 Å². The first-order chi connectivity index (χ1) is 12.1. The average Bonchev–Trinajstić information content (AvgIpc) is 3.00. The zero-order chi connectivity index (χ0) is 17.8. The molecule has 1 aromatic carbocycles. The molecular formula is C18H20FN5O. The van der Waals surface area contributed by atoms with Gasteiger partial charge in [0.1, 0.15) is 0 Å². The van der Waals surface area contributed by atoms with Gasteiger partial charge in [0.15, 0.2) is 11.6 Å². The van der Waals surface area contributed by atoms with Crippen LogP contribution in [0.1, 0.15) is 19.0 Å². The van der Waals surface area contributed by atoms with E-state index in [1.165, 1.54) is 6.07 Å². The summed E-state index contributed by atoms with van der Waals surface area (Å²) in [5, 5.41) is 4.19. The lowest BCUT2D eigenvalue weighted by atomic mass is 10.2. The Hall–Kier alpha value is -2.96. The van der Waals surface area contributed by atoms with Gasteiger partial charge >= 0.3 is 0 Å². The number of ether oxygens (including phenoxy) is 1. The highest BCUT2D eigenvalue weighted by Crippen LogP contribution is 2.34. The Morgan fingerprint density at radius 3 is 2.72 bits per heavy atom. The Balaban J connectivity index is 2.04. The second kappa shape index (κ2) is 7.29. The van der Waals surface area contributed by atoms with Crippen molar-refractivity contribution in [3.63, 3.8) is 0 Å². The third-order valence-electron chi connectivity index (χ3n) is 3.57. The SMILES string of the molecule is CCCOc1ccc(N(c2cnn(C)c2)c2nccc(C)n2)cc1F. The Labute approximate surface area is 145 Å². The van der Waals surface area contributed by atoms with Gasteiger partial charge in [-0.1, -0.05) is 6.92 Å². The van der Waals surface area contributed by atoms with Gasteiger partial charge in [-0.2, -0.15) is 5.10 Å². The molecule has 7 heteroatoms. The van der Waals surface area contributed by atoms with Gasteiger partial charge in [0, 0.05) is 31.2 Å². The highest BCUT2D eigenvalue weighted by molar-refractivity contribution is 5.72. The van der Waals surface area contributed by atoms with Gasteiger partial charge < -0.3 is 4.74 Å². The van der Waals surface area contributed by atoms with E-state index in [-0.39, 0.29) is 5.75 Å². The van der Waals surface area contributed by atoms with Crippen LogP contribution in [0.2, 0.25) is 0 Å². The number of hydrogen-bond donors (Lipinski definition) is 0. The number of nitrogens with zero attached hydrogens (tertiary/aromatic N) is 5. The highest BCUT2D eigenvalue weighted by atomic mass is 19.1. The first kappa shape index (κ1) is 16.9. The summed E-state index contributed by atoms with van der Waals surface area (Å²) in [5.41, 5.74) is 2.16. The van der Waals surface area contributed by atoms with Crippen molar-refractivity contribution >= 4 is 17.3 Å². The zero-order valence-corrected chi connectivity index (χ0v) is 14.5. The predicted octanol–water partition coefficient (Wildman–Crippen LogP) is 3.92. The summed E-state index contributed by atoms with van der Waals surface area (Å²) < 4.78 is 21.5. The molecule has 0 atom stereocenters. The molecule has 3 aromatic rings. The Kier molecular flexibility index (Phi) is 4.92. The summed E-state index contributed by atoms with van der Waals surface area (Å²) in [4.78, 5) is 10.5. The molecule has 0 unspecified atom stereocenters. The number of aromatic nitrogens is 4. The van der Waals surface area contributed by atoms with Crippen molar-refractivity contribution in [1.82, 2.24) is 19.7 Å². The van der Waals surface area contributed by atoms with E-state index in [0.29, 0.717) is 18.2 Å². The average molecular weight is 341 g/mol. The number of hydrogen-bond acceptors (Lipinski definition) is 5. The van der Waals surface area contributed by atoms with Crippen LogP contribution in [0, 0.1) is 12.7 Å². The van der Waals surface area contributed by atoms with Gasteiger partial charge in [-0.25, -0.2) is 14.4 Å². The van der Waals surface area contributed by atoms with Crippen molar-refractivity contribution in [2.75, 3.05) is 11.5 Å². The fourth-order valence-electron chi connectivity index (χ4n) is 2.41. The number of rotatable bonds is 6. The normalized spacial score (nSPS) is 10.7. The molecule has 0 amide bonds. The molecule has 130 valence electrons. The summed E-state index contributed by atoms with van der Waals surface area (Å²) in [6, 6.07) is 6.64. The van der Waals surface area contributed by atoms with Gasteiger partial charge in [-0.05, 0) is 31.5 Å². The minimum Gasteiger partial charge on any atom is -0.491 e. The molecule has 6 nitrogen and oxygen atoms in total. The van der Waals surface area contributed by atoms with Crippen molar-refractivity contribution in [2.24, 2.45) is 7.05 Å². The van der Waals surface area contributed by atoms with Gasteiger partial charge in [-0.3, -0.25) is 9.58 Å². The van der Waals surface area contributed by atoms with Crippen LogP contribution in [0.3, 0.4) is 0 Å². The first-order valence-corrected chi connectivity index (χ1v) is 8.09. The van der Waals surface area contributed by atoms with Gasteiger partial charge in [0.2, 0.25) is 5.95 Å². The molecule has 0 N–H and O–H groups in total. The number of benzene rings is 1. The molecule has 0 bridgehead atoms. The highest BCUT2D eigenvalue weighted by Gasteiger charge is 2.18. The van der Waals surface area contributed by atoms with Crippen LogP contribution in [0.15, 0.2) is 42.9 Å².